The Labute approximate surface area is 86.4 Å². The van der Waals surface area contributed by atoms with Crippen molar-refractivity contribution in [1.82, 2.24) is 5.32 Å². The van der Waals surface area contributed by atoms with Gasteiger partial charge >= 0.3 is 0 Å². The molecule has 0 aromatic carbocycles. The molecule has 1 saturated carbocycles. The Balaban J connectivity index is 2.19. The lowest BCUT2D eigenvalue weighted by atomic mass is 10.0. The Morgan fingerprint density at radius 1 is 1.43 bits per heavy atom. The molecule has 0 bridgehead atoms. The van der Waals surface area contributed by atoms with E-state index in [1.165, 1.54) is 12.8 Å². The third-order valence-corrected chi connectivity index (χ3v) is 3.11. The van der Waals surface area contributed by atoms with Crippen molar-refractivity contribution in [2.75, 3.05) is 6.54 Å². The zero-order valence-corrected chi connectivity index (χ0v) is 9.42. The number of carbonyl (C=O) groups excluding carboxylic acids is 1. The third kappa shape index (κ3) is 3.29. The molecule has 1 aliphatic rings. The maximum absolute atomic E-state index is 11.6. The highest BCUT2D eigenvalue weighted by molar-refractivity contribution is 5.78. The van der Waals surface area contributed by atoms with Crippen LogP contribution in [0.15, 0.2) is 0 Å². The van der Waals surface area contributed by atoms with Crippen molar-refractivity contribution in [2.45, 2.75) is 39.7 Å². The number of hydrogen-bond acceptors (Lipinski definition) is 2. The van der Waals surface area contributed by atoms with Crippen molar-refractivity contribution in [1.29, 1.82) is 0 Å². The van der Waals surface area contributed by atoms with Crippen LogP contribution in [-0.4, -0.2) is 18.5 Å². The molecule has 0 spiro atoms. The van der Waals surface area contributed by atoms with Gasteiger partial charge in [-0.15, -0.1) is 0 Å². The largest absolute Gasteiger partial charge is 0.354 e. The third-order valence-electron chi connectivity index (χ3n) is 3.11. The molecule has 3 nitrogen and oxygen atoms in total. The Morgan fingerprint density at radius 2 is 2.00 bits per heavy atom. The molecule has 0 radical (unpaired) electrons. The van der Waals surface area contributed by atoms with E-state index < -0.39 is 0 Å². The van der Waals surface area contributed by atoms with Gasteiger partial charge in [0.2, 0.25) is 5.91 Å². The van der Waals surface area contributed by atoms with E-state index in [0.29, 0.717) is 18.4 Å². The Hall–Kier alpha value is -0.570. The number of carbonyl (C=O) groups is 1. The van der Waals surface area contributed by atoms with Gasteiger partial charge in [-0.3, -0.25) is 4.79 Å². The monoisotopic (exact) mass is 198 g/mol. The summed E-state index contributed by atoms with van der Waals surface area (Å²) >= 11 is 0. The standard InChI is InChI=1S/C11H22N2O/c1-7(2)10(12)6-13-11(14)8(3)9-4-5-9/h7-10H,4-6,12H2,1-3H3,(H,13,14). The maximum atomic E-state index is 11.6. The van der Waals surface area contributed by atoms with E-state index in [1.807, 2.05) is 6.92 Å². The summed E-state index contributed by atoms with van der Waals surface area (Å²) in [4.78, 5) is 11.6. The van der Waals surface area contributed by atoms with Gasteiger partial charge in [-0.05, 0) is 24.7 Å². The lowest BCUT2D eigenvalue weighted by Gasteiger charge is -2.18. The van der Waals surface area contributed by atoms with Crippen molar-refractivity contribution in [2.24, 2.45) is 23.5 Å². The summed E-state index contributed by atoms with van der Waals surface area (Å²) in [7, 11) is 0. The molecule has 0 aliphatic heterocycles. The van der Waals surface area contributed by atoms with Crippen LogP contribution in [0.25, 0.3) is 0 Å². The zero-order chi connectivity index (χ0) is 10.7. The molecule has 1 fully saturated rings. The molecule has 3 heteroatoms. The van der Waals surface area contributed by atoms with Gasteiger partial charge < -0.3 is 11.1 Å². The summed E-state index contributed by atoms with van der Waals surface area (Å²) in [6.45, 7) is 6.75. The lowest BCUT2D eigenvalue weighted by Crippen LogP contribution is -2.42. The fraction of sp³-hybridized carbons (Fsp3) is 0.909. The van der Waals surface area contributed by atoms with Gasteiger partial charge in [-0.25, -0.2) is 0 Å². The molecule has 0 saturated heterocycles. The van der Waals surface area contributed by atoms with Crippen molar-refractivity contribution in [3.63, 3.8) is 0 Å². The maximum Gasteiger partial charge on any atom is 0.223 e. The summed E-state index contributed by atoms with van der Waals surface area (Å²) in [5.41, 5.74) is 5.84. The molecule has 0 heterocycles. The van der Waals surface area contributed by atoms with Gasteiger partial charge in [0.25, 0.3) is 0 Å². The number of amides is 1. The van der Waals surface area contributed by atoms with E-state index in [9.17, 15) is 4.79 Å². The van der Waals surface area contributed by atoms with Crippen LogP contribution < -0.4 is 11.1 Å². The van der Waals surface area contributed by atoms with E-state index >= 15 is 0 Å². The second kappa shape index (κ2) is 4.78. The van der Waals surface area contributed by atoms with Crippen molar-refractivity contribution < 1.29 is 4.79 Å². The zero-order valence-electron chi connectivity index (χ0n) is 9.42. The SMILES string of the molecule is CC(C)C(N)CNC(=O)C(C)C1CC1. The molecule has 3 N–H and O–H groups in total. The average molecular weight is 198 g/mol. The molecule has 2 unspecified atom stereocenters. The first-order chi connectivity index (χ1) is 6.52. The first-order valence-electron chi connectivity index (χ1n) is 5.55. The van der Waals surface area contributed by atoms with Gasteiger partial charge in [0, 0.05) is 18.5 Å². The van der Waals surface area contributed by atoms with E-state index in [1.54, 1.807) is 0 Å². The highest BCUT2D eigenvalue weighted by Gasteiger charge is 2.32. The van der Waals surface area contributed by atoms with E-state index in [0.717, 1.165) is 0 Å². The van der Waals surface area contributed by atoms with Crippen molar-refractivity contribution in [3.8, 4) is 0 Å². The second-order valence-corrected chi connectivity index (χ2v) is 4.78. The molecule has 1 rings (SSSR count). The summed E-state index contributed by atoms with van der Waals surface area (Å²) in [6.07, 6.45) is 2.43. The Bertz CT molecular complexity index is 199. The van der Waals surface area contributed by atoms with Crippen molar-refractivity contribution >= 4 is 5.91 Å². The topological polar surface area (TPSA) is 55.1 Å². The molecular formula is C11H22N2O. The lowest BCUT2D eigenvalue weighted by molar-refractivity contribution is -0.125. The highest BCUT2D eigenvalue weighted by Crippen LogP contribution is 2.36. The van der Waals surface area contributed by atoms with Crippen LogP contribution in [-0.2, 0) is 4.79 Å². The van der Waals surface area contributed by atoms with Gasteiger partial charge in [-0.2, -0.15) is 0 Å². The summed E-state index contributed by atoms with van der Waals surface area (Å²) in [5.74, 6) is 1.40. The van der Waals surface area contributed by atoms with Gasteiger partial charge in [0.15, 0.2) is 0 Å². The highest BCUT2D eigenvalue weighted by atomic mass is 16.1. The quantitative estimate of drug-likeness (QED) is 0.696. The minimum atomic E-state index is 0.0744. The fourth-order valence-corrected chi connectivity index (χ4v) is 1.43. The predicted molar refractivity (Wildman–Crippen MR) is 57.7 cm³/mol. The average Bonchev–Trinajstić information content (AvgIpc) is 2.95. The van der Waals surface area contributed by atoms with E-state index in [-0.39, 0.29) is 17.9 Å². The van der Waals surface area contributed by atoms with Gasteiger partial charge in [0.05, 0.1) is 0 Å². The predicted octanol–water partition coefficient (Wildman–Crippen LogP) is 1.13. The van der Waals surface area contributed by atoms with Crippen LogP contribution in [0.1, 0.15) is 33.6 Å². The van der Waals surface area contributed by atoms with Crippen LogP contribution in [0.2, 0.25) is 0 Å². The summed E-state index contributed by atoms with van der Waals surface area (Å²) < 4.78 is 0. The molecule has 2 atom stereocenters. The van der Waals surface area contributed by atoms with Gasteiger partial charge in [-0.1, -0.05) is 20.8 Å². The van der Waals surface area contributed by atoms with Crippen LogP contribution in [0.3, 0.4) is 0 Å². The van der Waals surface area contributed by atoms with Crippen molar-refractivity contribution in [3.05, 3.63) is 0 Å². The molecular weight excluding hydrogens is 176 g/mol. The first kappa shape index (κ1) is 11.5. The van der Waals surface area contributed by atoms with E-state index in [4.69, 9.17) is 5.73 Å². The number of hydrogen-bond donors (Lipinski definition) is 2. The Morgan fingerprint density at radius 3 is 2.43 bits per heavy atom. The number of rotatable bonds is 5. The summed E-state index contributed by atoms with van der Waals surface area (Å²) in [5, 5.41) is 2.92. The molecule has 0 aromatic rings. The second-order valence-electron chi connectivity index (χ2n) is 4.78. The molecule has 0 aromatic heterocycles. The number of nitrogens with one attached hydrogen (secondary N) is 1. The molecule has 82 valence electrons. The first-order valence-corrected chi connectivity index (χ1v) is 5.55. The molecule has 1 aliphatic carbocycles. The van der Waals surface area contributed by atoms with E-state index in [2.05, 4.69) is 19.2 Å². The number of nitrogens with two attached hydrogens (primary N) is 1. The Kier molecular flexibility index (Phi) is 3.93. The molecule has 1 amide bonds. The fourth-order valence-electron chi connectivity index (χ4n) is 1.43. The normalized spacial score (nSPS) is 20.6. The minimum Gasteiger partial charge on any atom is -0.354 e. The van der Waals surface area contributed by atoms with Gasteiger partial charge in [0.1, 0.15) is 0 Å². The van der Waals surface area contributed by atoms with Crippen LogP contribution in [0.5, 0.6) is 0 Å². The minimum absolute atomic E-state index is 0.0744. The summed E-state index contributed by atoms with van der Waals surface area (Å²) in [6, 6.07) is 0.0744. The van der Waals surface area contributed by atoms with Crippen LogP contribution in [0, 0.1) is 17.8 Å². The molecule has 14 heavy (non-hydrogen) atoms. The van der Waals surface area contributed by atoms with Crippen LogP contribution >= 0.6 is 0 Å². The van der Waals surface area contributed by atoms with Crippen LogP contribution in [0.4, 0.5) is 0 Å². The smallest absolute Gasteiger partial charge is 0.223 e.